The number of hydrogen-bond acceptors (Lipinski definition) is 4. The molecule has 21 heavy (non-hydrogen) atoms. The maximum Gasteiger partial charge on any atom is 0.344 e. The van der Waals surface area contributed by atoms with Crippen LogP contribution in [0.25, 0.3) is 0 Å². The lowest BCUT2D eigenvalue weighted by Gasteiger charge is -2.08. The fraction of sp³-hybridized carbons (Fsp3) is 0.118. The Hall–Kier alpha value is -2.75. The van der Waals surface area contributed by atoms with Crippen molar-refractivity contribution in [3.63, 3.8) is 0 Å². The third-order valence-electron chi connectivity index (χ3n) is 3.40. The van der Waals surface area contributed by atoms with Gasteiger partial charge in [0.05, 0.1) is 0 Å². The van der Waals surface area contributed by atoms with Crippen LogP contribution in [0.1, 0.15) is 22.3 Å². The predicted molar refractivity (Wildman–Crippen MR) is 78.0 cm³/mol. The van der Waals surface area contributed by atoms with Crippen molar-refractivity contribution in [1.29, 1.82) is 0 Å². The van der Waals surface area contributed by atoms with Crippen molar-refractivity contribution in [3.05, 3.63) is 71.8 Å². The van der Waals surface area contributed by atoms with E-state index in [9.17, 15) is 9.59 Å². The van der Waals surface area contributed by atoms with Crippen molar-refractivity contribution in [2.75, 3.05) is 0 Å². The van der Waals surface area contributed by atoms with Crippen LogP contribution in [0.3, 0.4) is 0 Å². The highest BCUT2D eigenvalue weighted by molar-refractivity contribution is 6.16. The maximum atomic E-state index is 12.3. The van der Waals surface area contributed by atoms with Gasteiger partial charge in [-0.25, -0.2) is 4.79 Å². The summed E-state index contributed by atoms with van der Waals surface area (Å²) in [6.45, 7) is 0. The summed E-state index contributed by atoms with van der Waals surface area (Å²) in [6, 6.07) is 18.2. The molecular formula is C17H13NO3. The van der Waals surface area contributed by atoms with Crippen molar-refractivity contribution in [2.24, 2.45) is 11.1 Å². The zero-order valence-electron chi connectivity index (χ0n) is 11.2. The monoisotopic (exact) mass is 279 g/mol. The number of benzene rings is 2. The van der Waals surface area contributed by atoms with Gasteiger partial charge < -0.3 is 4.84 Å². The summed E-state index contributed by atoms with van der Waals surface area (Å²) in [5.41, 5.74) is 1.91. The van der Waals surface area contributed by atoms with Gasteiger partial charge in [0, 0.05) is 17.5 Å². The molecule has 0 saturated carbocycles. The van der Waals surface area contributed by atoms with E-state index < -0.39 is 11.9 Å². The third kappa shape index (κ3) is 2.74. The van der Waals surface area contributed by atoms with Crippen molar-refractivity contribution in [2.45, 2.75) is 6.42 Å². The SMILES string of the molecule is O=C(CC1C(=O)ON=C1c1ccccc1)c1ccccc1. The highest BCUT2D eigenvalue weighted by Gasteiger charge is 2.35. The van der Waals surface area contributed by atoms with Gasteiger partial charge in [-0.2, -0.15) is 0 Å². The second kappa shape index (κ2) is 5.71. The first-order chi connectivity index (χ1) is 10.3. The highest BCUT2D eigenvalue weighted by atomic mass is 16.7. The molecule has 104 valence electrons. The van der Waals surface area contributed by atoms with E-state index in [2.05, 4.69) is 5.16 Å². The van der Waals surface area contributed by atoms with Gasteiger partial charge in [0.1, 0.15) is 11.6 Å². The molecule has 1 aliphatic heterocycles. The lowest BCUT2D eigenvalue weighted by molar-refractivity contribution is -0.143. The van der Waals surface area contributed by atoms with Gasteiger partial charge in [-0.3, -0.25) is 4.79 Å². The van der Waals surface area contributed by atoms with Gasteiger partial charge in [-0.15, -0.1) is 0 Å². The van der Waals surface area contributed by atoms with Crippen LogP contribution >= 0.6 is 0 Å². The molecular weight excluding hydrogens is 266 g/mol. The summed E-state index contributed by atoms with van der Waals surface area (Å²) in [5, 5.41) is 3.83. The zero-order valence-corrected chi connectivity index (χ0v) is 11.2. The summed E-state index contributed by atoms with van der Waals surface area (Å²) >= 11 is 0. The molecule has 1 unspecified atom stereocenters. The first kappa shape index (κ1) is 13.2. The molecule has 4 nitrogen and oxygen atoms in total. The smallest absolute Gasteiger partial charge is 0.317 e. The van der Waals surface area contributed by atoms with E-state index in [0.717, 1.165) is 5.56 Å². The van der Waals surface area contributed by atoms with Gasteiger partial charge in [0.25, 0.3) is 0 Å². The Balaban J connectivity index is 1.82. The fourth-order valence-corrected chi connectivity index (χ4v) is 2.30. The molecule has 0 radical (unpaired) electrons. The molecule has 0 spiro atoms. The van der Waals surface area contributed by atoms with Crippen LogP contribution in [0.5, 0.6) is 0 Å². The van der Waals surface area contributed by atoms with E-state index >= 15 is 0 Å². The zero-order chi connectivity index (χ0) is 14.7. The summed E-state index contributed by atoms with van der Waals surface area (Å²) in [4.78, 5) is 28.9. The standard InChI is InChI=1S/C17H13NO3/c19-15(12-7-3-1-4-8-12)11-14-16(18-21-17(14)20)13-9-5-2-6-10-13/h1-10,14H,11H2. The number of rotatable bonds is 4. The number of hydrogen-bond donors (Lipinski definition) is 0. The molecule has 0 saturated heterocycles. The number of nitrogens with zero attached hydrogens (tertiary/aromatic N) is 1. The molecule has 1 aliphatic rings. The number of carbonyl (C=O) groups excluding carboxylic acids is 2. The molecule has 0 aromatic heterocycles. The molecule has 0 fully saturated rings. The second-order valence-electron chi connectivity index (χ2n) is 4.80. The van der Waals surface area contributed by atoms with Crippen LogP contribution in [0.15, 0.2) is 65.8 Å². The van der Waals surface area contributed by atoms with Crippen LogP contribution in [0.4, 0.5) is 0 Å². The van der Waals surface area contributed by atoms with Crippen molar-refractivity contribution in [1.82, 2.24) is 0 Å². The molecule has 0 amide bonds. The van der Waals surface area contributed by atoms with Gasteiger partial charge in [-0.05, 0) is 0 Å². The quantitative estimate of drug-likeness (QED) is 0.638. The van der Waals surface area contributed by atoms with E-state index in [-0.39, 0.29) is 12.2 Å². The number of carbonyl (C=O) groups is 2. The van der Waals surface area contributed by atoms with Gasteiger partial charge in [-0.1, -0.05) is 65.8 Å². The Labute approximate surface area is 122 Å². The summed E-state index contributed by atoms with van der Waals surface area (Å²) in [6.07, 6.45) is 0.0660. The van der Waals surface area contributed by atoms with Gasteiger partial charge >= 0.3 is 5.97 Å². The van der Waals surface area contributed by atoms with Gasteiger partial charge in [0.2, 0.25) is 0 Å². The second-order valence-corrected chi connectivity index (χ2v) is 4.80. The average Bonchev–Trinajstić information content (AvgIpc) is 2.90. The van der Waals surface area contributed by atoms with Crippen molar-refractivity contribution >= 4 is 17.5 Å². The Morgan fingerprint density at radius 1 is 1.00 bits per heavy atom. The molecule has 2 aromatic carbocycles. The van der Waals surface area contributed by atoms with Crippen molar-refractivity contribution in [3.8, 4) is 0 Å². The van der Waals surface area contributed by atoms with E-state index in [1.807, 2.05) is 36.4 Å². The normalized spacial score (nSPS) is 17.2. The predicted octanol–water partition coefficient (Wildman–Crippen LogP) is 2.84. The Morgan fingerprint density at radius 3 is 2.29 bits per heavy atom. The van der Waals surface area contributed by atoms with Crippen molar-refractivity contribution < 1.29 is 14.4 Å². The molecule has 1 heterocycles. The minimum atomic E-state index is -0.639. The lowest BCUT2D eigenvalue weighted by atomic mass is 9.91. The summed E-state index contributed by atoms with van der Waals surface area (Å²) < 4.78 is 0. The Bertz CT molecular complexity index is 692. The molecule has 4 heteroatoms. The average molecular weight is 279 g/mol. The Morgan fingerprint density at radius 2 is 1.62 bits per heavy atom. The molecule has 1 atom stereocenters. The summed E-state index contributed by atoms with van der Waals surface area (Å²) in [5.74, 6) is -1.21. The molecule has 0 aliphatic carbocycles. The molecule has 3 rings (SSSR count). The first-order valence-electron chi connectivity index (χ1n) is 6.68. The third-order valence-corrected chi connectivity index (χ3v) is 3.40. The van der Waals surface area contributed by atoms with E-state index in [0.29, 0.717) is 11.3 Å². The van der Waals surface area contributed by atoms with Crippen LogP contribution in [0.2, 0.25) is 0 Å². The largest absolute Gasteiger partial charge is 0.344 e. The highest BCUT2D eigenvalue weighted by Crippen LogP contribution is 2.23. The topological polar surface area (TPSA) is 55.7 Å². The van der Waals surface area contributed by atoms with Gasteiger partial charge in [0.15, 0.2) is 5.78 Å². The summed E-state index contributed by atoms with van der Waals surface area (Å²) in [7, 11) is 0. The van der Waals surface area contributed by atoms with Crippen LogP contribution in [0, 0.1) is 5.92 Å². The minimum Gasteiger partial charge on any atom is -0.317 e. The molecule has 0 N–H and O–H groups in total. The van der Waals surface area contributed by atoms with Crippen LogP contribution in [-0.2, 0) is 9.63 Å². The number of ketones is 1. The van der Waals surface area contributed by atoms with E-state index in [1.165, 1.54) is 0 Å². The first-order valence-corrected chi connectivity index (χ1v) is 6.68. The van der Waals surface area contributed by atoms with E-state index in [1.54, 1.807) is 24.3 Å². The number of Topliss-reactive ketones (excluding diaryl/α,β-unsaturated/α-hetero) is 1. The number of oxime groups is 1. The lowest BCUT2D eigenvalue weighted by Crippen LogP contribution is -2.22. The Kier molecular flexibility index (Phi) is 3.60. The molecule has 2 aromatic rings. The van der Waals surface area contributed by atoms with Crippen LogP contribution < -0.4 is 0 Å². The molecule has 0 bridgehead atoms. The maximum absolute atomic E-state index is 12.3. The minimum absolute atomic E-state index is 0.0660. The van der Waals surface area contributed by atoms with E-state index in [4.69, 9.17) is 4.84 Å². The fourth-order valence-electron chi connectivity index (χ4n) is 2.30. The van der Waals surface area contributed by atoms with Crippen LogP contribution in [-0.4, -0.2) is 17.5 Å².